The maximum absolute atomic E-state index is 13.8. The standard InChI is InChI=1S/C27H34N4O5/c1-35-18-16-29-12-14-30(15-13-29)24(32)19-27(22-7-3-2-4-8-22)20-25(33)31(26(27)34)11-6-17-36-23-9-5-10-28-21-23/h2-5,7-10,21H,6,11-20H2,1H3/t27-/m1/s1. The molecule has 0 N–H and O–H groups in total. The summed E-state index contributed by atoms with van der Waals surface area (Å²) in [6, 6.07) is 12.8. The molecule has 36 heavy (non-hydrogen) atoms. The molecule has 2 aliphatic rings. The largest absolute Gasteiger partial charge is 0.492 e. The van der Waals surface area contributed by atoms with Crippen LogP contribution in [0.25, 0.3) is 0 Å². The van der Waals surface area contributed by atoms with Crippen LogP contribution in [-0.2, 0) is 24.5 Å². The van der Waals surface area contributed by atoms with E-state index in [-0.39, 0.29) is 37.1 Å². The van der Waals surface area contributed by atoms with Gasteiger partial charge in [-0.2, -0.15) is 0 Å². The average molecular weight is 495 g/mol. The first-order valence-corrected chi connectivity index (χ1v) is 12.5. The van der Waals surface area contributed by atoms with E-state index >= 15 is 0 Å². The zero-order valence-electron chi connectivity index (χ0n) is 20.8. The van der Waals surface area contributed by atoms with Gasteiger partial charge in [0.05, 0.1) is 24.8 Å². The average Bonchev–Trinajstić information content (AvgIpc) is 3.16. The molecule has 2 aromatic rings. The Labute approximate surface area is 212 Å². The highest BCUT2D eigenvalue weighted by Gasteiger charge is 2.53. The lowest BCUT2D eigenvalue weighted by molar-refractivity contribution is -0.143. The second kappa shape index (κ2) is 12.1. The molecule has 1 aromatic carbocycles. The van der Waals surface area contributed by atoms with E-state index in [4.69, 9.17) is 9.47 Å². The number of piperazine rings is 1. The molecule has 1 aromatic heterocycles. The molecule has 192 valence electrons. The predicted molar refractivity (Wildman–Crippen MR) is 133 cm³/mol. The van der Waals surface area contributed by atoms with Crippen molar-refractivity contribution in [3.63, 3.8) is 0 Å². The van der Waals surface area contributed by atoms with Crippen molar-refractivity contribution in [3.8, 4) is 5.75 Å². The summed E-state index contributed by atoms with van der Waals surface area (Å²) in [5.41, 5.74) is -0.461. The van der Waals surface area contributed by atoms with Crippen molar-refractivity contribution >= 4 is 17.7 Å². The van der Waals surface area contributed by atoms with Crippen LogP contribution in [0.15, 0.2) is 54.9 Å². The number of methoxy groups -OCH3 is 1. The van der Waals surface area contributed by atoms with Gasteiger partial charge in [-0.3, -0.25) is 29.2 Å². The maximum atomic E-state index is 13.8. The molecular weight excluding hydrogens is 460 g/mol. The molecule has 1 atom stereocenters. The van der Waals surface area contributed by atoms with Gasteiger partial charge in [0.25, 0.3) is 0 Å². The molecular formula is C27H34N4O5. The normalized spacial score (nSPS) is 20.7. The molecule has 4 rings (SSSR count). The number of hydrogen-bond donors (Lipinski definition) is 0. The zero-order valence-corrected chi connectivity index (χ0v) is 20.8. The van der Waals surface area contributed by atoms with Gasteiger partial charge in [0, 0.05) is 65.4 Å². The SMILES string of the molecule is COCCN1CCN(C(=O)C[C@]2(c3ccccc3)CC(=O)N(CCCOc3cccnc3)C2=O)CC1. The van der Waals surface area contributed by atoms with Gasteiger partial charge in [0.2, 0.25) is 17.7 Å². The molecule has 0 spiro atoms. The third-order valence-electron chi connectivity index (χ3n) is 6.95. The summed E-state index contributed by atoms with van der Waals surface area (Å²) in [4.78, 5) is 49.6. The van der Waals surface area contributed by atoms with E-state index in [1.807, 2.05) is 41.3 Å². The summed E-state index contributed by atoms with van der Waals surface area (Å²) in [5, 5.41) is 0. The van der Waals surface area contributed by atoms with E-state index in [9.17, 15) is 14.4 Å². The van der Waals surface area contributed by atoms with Crippen LogP contribution in [-0.4, -0.2) is 97.0 Å². The van der Waals surface area contributed by atoms with Crippen molar-refractivity contribution < 1.29 is 23.9 Å². The van der Waals surface area contributed by atoms with Crippen LogP contribution in [0.1, 0.15) is 24.8 Å². The number of amides is 3. The predicted octanol–water partition coefficient (Wildman–Crippen LogP) is 1.73. The van der Waals surface area contributed by atoms with Crippen LogP contribution in [0, 0.1) is 0 Å². The number of benzene rings is 1. The van der Waals surface area contributed by atoms with Gasteiger partial charge in [-0.15, -0.1) is 0 Å². The molecule has 0 radical (unpaired) electrons. The molecule has 2 fully saturated rings. The van der Waals surface area contributed by atoms with Gasteiger partial charge in [0.15, 0.2) is 0 Å². The van der Waals surface area contributed by atoms with Crippen molar-refractivity contribution in [3.05, 3.63) is 60.4 Å². The van der Waals surface area contributed by atoms with E-state index in [1.165, 1.54) is 4.90 Å². The number of carbonyl (C=O) groups is 3. The first-order chi connectivity index (χ1) is 17.5. The van der Waals surface area contributed by atoms with Crippen molar-refractivity contribution in [2.45, 2.75) is 24.7 Å². The Bertz CT molecular complexity index is 1030. The van der Waals surface area contributed by atoms with E-state index in [0.29, 0.717) is 44.0 Å². The van der Waals surface area contributed by atoms with Gasteiger partial charge in [0.1, 0.15) is 5.75 Å². The third kappa shape index (κ3) is 5.91. The van der Waals surface area contributed by atoms with Crippen molar-refractivity contribution in [1.29, 1.82) is 0 Å². The maximum Gasteiger partial charge on any atom is 0.240 e. The highest BCUT2D eigenvalue weighted by molar-refractivity contribution is 6.10. The Hall–Kier alpha value is -3.30. The number of carbonyl (C=O) groups excluding carboxylic acids is 3. The highest BCUT2D eigenvalue weighted by atomic mass is 16.5. The fourth-order valence-electron chi connectivity index (χ4n) is 4.91. The summed E-state index contributed by atoms with van der Waals surface area (Å²) in [7, 11) is 1.68. The number of pyridine rings is 1. The van der Waals surface area contributed by atoms with Crippen LogP contribution in [0.3, 0.4) is 0 Å². The first-order valence-electron chi connectivity index (χ1n) is 12.5. The van der Waals surface area contributed by atoms with Crippen LogP contribution in [0.2, 0.25) is 0 Å². The second-order valence-electron chi connectivity index (χ2n) is 9.26. The van der Waals surface area contributed by atoms with Crippen molar-refractivity contribution in [1.82, 2.24) is 19.7 Å². The van der Waals surface area contributed by atoms with E-state index in [2.05, 4.69) is 9.88 Å². The third-order valence-corrected chi connectivity index (χ3v) is 6.95. The summed E-state index contributed by atoms with van der Waals surface area (Å²) < 4.78 is 10.8. The molecule has 0 unspecified atom stereocenters. The van der Waals surface area contributed by atoms with Crippen molar-refractivity contribution in [2.75, 3.05) is 59.6 Å². The Kier molecular flexibility index (Phi) is 8.66. The number of hydrogen-bond acceptors (Lipinski definition) is 7. The minimum absolute atomic E-state index is 0.00114. The Morgan fingerprint density at radius 1 is 1.00 bits per heavy atom. The molecule has 0 aliphatic carbocycles. The van der Waals surface area contributed by atoms with Gasteiger partial charge < -0.3 is 14.4 Å². The topological polar surface area (TPSA) is 92.3 Å². The number of likely N-dealkylation sites (tertiary alicyclic amines) is 1. The molecule has 3 heterocycles. The Balaban J connectivity index is 1.42. The quantitative estimate of drug-likeness (QED) is 0.347. The summed E-state index contributed by atoms with van der Waals surface area (Å²) in [6.45, 7) is 4.83. The number of aromatic nitrogens is 1. The summed E-state index contributed by atoms with van der Waals surface area (Å²) in [5.74, 6) is 0.00542. The lowest BCUT2D eigenvalue weighted by atomic mass is 9.75. The Morgan fingerprint density at radius 3 is 2.47 bits per heavy atom. The van der Waals surface area contributed by atoms with Crippen molar-refractivity contribution in [2.24, 2.45) is 0 Å². The molecule has 0 saturated carbocycles. The number of ether oxygens (including phenoxy) is 2. The van der Waals surface area contributed by atoms with Gasteiger partial charge in [-0.25, -0.2) is 0 Å². The molecule has 3 amide bonds. The van der Waals surface area contributed by atoms with Crippen LogP contribution >= 0.6 is 0 Å². The van der Waals surface area contributed by atoms with Gasteiger partial charge >= 0.3 is 0 Å². The van der Waals surface area contributed by atoms with Crippen LogP contribution in [0.4, 0.5) is 0 Å². The molecule has 9 nitrogen and oxygen atoms in total. The number of nitrogens with zero attached hydrogens (tertiary/aromatic N) is 4. The fraction of sp³-hybridized carbons (Fsp3) is 0.481. The molecule has 9 heteroatoms. The molecule has 2 aliphatic heterocycles. The molecule has 2 saturated heterocycles. The smallest absolute Gasteiger partial charge is 0.240 e. The second-order valence-corrected chi connectivity index (χ2v) is 9.26. The van der Waals surface area contributed by atoms with Crippen LogP contribution < -0.4 is 4.74 Å². The zero-order chi connectivity index (χ0) is 25.4. The fourth-order valence-corrected chi connectivity index (χ4v) is 4.91. The van der Waals surface area contributed by atoms with Gasteiger partial charge in [-0.05, 0) is 24.1 Å². The minimum atomic E-state index is -1.17. The lowest BCUT2D eigenvalue weighted by Gasteiger charge is -2.36. The van der Waals surface area contributed by atoms with E-state index in [0.717, 1.165) is 19.6 Å². The summed E-state index contributed by atoms with van der Waals surface area (Å²) in [6.07, 6.45) is 3.77. The van der Waals surface area contributed by atoms with Crippen LogP contribution in [0.5, 0.6) is 5.75 Å². The monoisotopic (exact) mass is 494 g/mol. The number of imide groups is 1. The molecule has 0 bridgehead atoms. The highest BCUT2D eigenvalue weighted by Crippen LogP contribution is 2.40. The Morgan fingerprint density at radius 2 is 1.78 bits per heavy atom. The van der Waals surface area contributed by atoms with Gasteiger partial charge in [-0.1, -0.05) is 30.3 Å². The van der Waals surface area contributed by atoms with E-state index < -0.39 is 5.41 Å². The first kappa shape index (κ1) is 25.8. The number of rotatable bonds is 11. The van der Waals surface area contributed by atoms with E-state index in [1.54, 1.807) is 25.6 Å². The minimum Gasteiger partial charge on any atom is -0.492 e. The summed E-state index contributed by atoms with van der Waals surface area (Å²) >= 11 is 0. The lowest BCUT2D eigenvalue weighted by Crippen LogP contribution is -2.51.